The Balaban J connectivity index is 2.07. The number of likely N-dealkylation sites (N-methyl/N-ethyl adjacent to an activating group) is 1. The minimum Gasteiger partial charge on any atom is -0.480 e. The molecule has 116 valence electrons. The van der Waals surface area contributed by atoms with Gasteiger partial charge in [-0.1, -0.05) is 35.5 Å². The number of carbonyl (C=O) groups excluding carboxylic acids is 1. The van der Waals surface area contributed by atoms with Crippen LogP contribution >= 0.6 is 0 Å². The molecule has 1 aromatic heterocycles. The molecule has 0 bridgehead atoms. The number of benzene rings is 1. The van der Waals surface area contributed by atoms with Crippen molar-refractivity contribution in [2.75, 3.05) is 7.05 Å². The van der Waals surface area contributed by atoms with E-state index in [-0.39, 0.29) is 18.7 Å². The molecule has 1 N–H and O–H groups in total. The van der Waals surface area contributed by atoms with Crippen molar-refractivity contribution in [3.05, 3.63) is 53.4 Å². The van der Waals surface area contributed by atoms with E-state index in [1.54, 1.807) is 13.0 Å². The number of hydrogen-bond donors (Lipinski definition) is 1. The van der Waals surface area contributed by atoms with Crippen LogP contribution in [0.4, 0.5) is 0 Å². The van der Waals surface area contributed by atoms with E-state index >= 15 is 0 Å². The Morgan fingerprint density at radius 3 is 2.55 bits per heavy atom. The Hall–Kier alpha value is -2.63. The van der Waals surface area contributed by atoms with E-state index in [9.17, 15) is 14.7 Å². The molecule has 0 radical (unpaired) electrons. The number of carboxylic acid groups (broad SMARTS) is 1. The summed E-state index contributed by atoms with van der Waals surface area (Å²) in [6.45, 7) is 1.74. The first-order chi connectivity index (χ1) is 10.5. The minimum atomic E-state index is -1.03. The second kappa shape index (κ2) is 6.89. The Labute approximate surface area is 128 Å². The summed E-state index contributed by atoms with van der Waals surface area (Å²) < 4.78 is 4.91. The molecule has 1 aromatic carbocycles. The number of carboxylic acids is 1. The van der Waals surface area contributed by atoms with Gasteiger partial charge in [-0.2, -0.15) is 0 Å². The maximum Gasteiger partial charge on any atom is 0.326 e. The second-order valence-electron chi connectivity index (χ2n) is 5.15. The number of amides is 1. The van der Waals surface area contributed by atoms with Crippen molar-refractivity contribution in [3.63, 3.8) is 0 Å². The molecule has 0 saturated carbocycles. The number of rotatable bonds is 6. The SMILES string of the molecule is Cc1cc(CC(=O)N(C)C(Cc2ccccc2)C(=O)O)no1. The third-order valence-corrected chi connectivity index (χ3v) is 3.43. The summed E-state index contributed by atoms with van der Waals surface area (Å²) >= 11 is 0. The van der Waals surface area contributed by atoms with Crippen LogP contribution in [-0.4, -0.2) is 40.1 Å². The normalized spacial score (nSPS) is 11.9. The fourth-order valence-corrected chi connectivity index (χ4v) is 2.18. The molecule has 6 nitrogen and oxygen atoms in total. The van der Waals surface area contributed by atoms with Crippen molar-refractivity contribution in [1.82, 2.24) is 10.1 Å². The Morgan fingerprint density at radius 2 is 2.00 bits per heavy atom. The van der Waals surface area contributed by atoms with Crippen molar-refractivity contribution in [1.29, 1.82) is 0 Å². The molecule has 1 atom stereocenters. The van der Waals surface area contributed by atoms with Gasteiger partial charge in [0.15, 0.2) is 0 Å². The lowest BCUT2D eigenvalue weighted by atomic mass is 10.0. The molecule has 0 fully saturated rings. The molecule has 2 aromatic rings. The fourth-order valence-electron chi connectivity index (χ4n) is 2.18. The molecular formula is C16H18N2O4. The van der Waals surface area contributed by atoms with Gasteiger partial charge in [0, 0.05) is 19.5 Å². The summed E-state index contributed by atoms with van der Waals surface area (Å²) in [4.78, 5) is 25.0. The lowest BCUT2D eigenvalue weighted by Gasteiger charge is -2.24. The lowest BCUT2D eigenvalue weighted by molar-refractivity contribution is -0.148. The predicted octanol–water partition coefficient (Wildman–Crippen LogP) is 1.68. The molecule has 0 aliphatic heterocycles. The molecular weight excluding hydrogens is 284 g/mol. The first-order valence-corrected chi connectivity index (χ1v) is 6.92. The molecule has 0 spiro atoms. The third kappa shape index (κ3) is 3.94. The standard InChI is InChI=1S/C16H18N2O4/c1-11-8-13(17-22-11)10-15(19)18(2)14(16(20)21)9-12-6-4-3-5-7-12/h3-8,14H,9-10H2,1-2H3,(H,20,21). The number of aliphatic carboxylic acids is 1. The summed E-state index contributed by atoms with van der Waals surface area (Å²) in [7, 11) is 1.50. The van der Waals surface area contributed by atoms with Gasteiger partial charge < -0.3 is 14.5 Å². The molecule has 1 amide bonds. The highest BCUT2D eigenvalue weighted by molar-refractivity contribution is 5.84. The third-order valence-electron chi connectivity index (χ3n) is 3.43. The van der Waals surface area contributed by atoms with Crippen LogP contribution in [-0.2, 0) is 22.4 Å². The zero-order valence-corrected chi connectivity index (χ0v) is 12.5. The predicted molar refractivity (Wildman–Crippen MR) is 79.3 cm³/mol. The van der Waals surface area contributed by atoms with Crippen molar-refractivity contribution in [2.24, 2.45) is 0 Å². The molecule has 1 heterocycles. The van der Waals surface area contributed by atoms with E-state index in [2.05, 4.69) is 5.16 Å². The first kappa shape index (κ1) is 15.8. The number of aromatic nitrogens is 1. The van der Waals surface area contributed by atoms with Crippen LogP contribution in [0.25, 0.3) is 0 Å². The van der Waals surface area contributed by atoms with Gasteiger partial charge in [0.1, 0.15) is 11.8 Å². The summed E-state index contributed by atoms with van der Waals surface area (Å²) in [5.41, 5.74) is 1.37. The van der Waals surface area contributed by atoms with E-state index < -0.39 is 12.0 Å². The van der Waals surface area contributed by atoms with Gasteiger partial charge in [0.2, 0.25) is 5.91 Å². The average molecular weight is 302 g/mol. The van der Waals surface area contributed by atoms with Crippen LogP contribution in [0, 0.1) is 6.92 Å². The highest BCUT2D eigenvalue weighted by atomic mass is 16.5. The summed E-state index contributed by atoms with van der Waals surface area (Å²) in [6.07, 6.45) is 0.280. The van der Waals surface area contributed by atoms with Gasteiger partial charge in [-0.3, -0.25) is 4.79 Å². The summed E-state index contributed by atoms with van der Waals surface area (Å²) in [6, 6.07) is 9.98. The highest BCUT2D eigenvalue weighted by Gasteiger charge is 2.27. The van der Waals surface area contributed by atoms with Crippen LogP contribution in [0.2, 0.25) is 0 Å². The molecule has 2 rings (SSSR count). The second-order valence-corrected chi connectivity index (χ2v) is 5.15. The molecule has 0 saturated heterocycles. The molecule has 1 unspecified atom stereocenters. The van der Waals surface area contributed by atoms with E-state index in [0.29, 0.717) is 11.5 Å². The van der Waals surface area contributed by atoms with Crippen molar-refractivity contribution >= 4 is 11.9 Å². The maximum absolute atomic E-state index is 12.2. The Morgan fingerprint density at radius 1 is 1.32 bits per heavy atom. The van der Waals surface area contributed by atoms with Crippen LogP contribution in [0.5, 0.6) is 0 Å². The maximum atomic E-state index is 12.2. The van der Waals surface area contributed by atoms with E-state index in [4.69, 9.17) is 4.52 Å². The van der Waals surface area contributed by atoms with E-state index in [0.717, 1.165) is 5.56 Å². The zero-order valence-electron chi connectivity index (χ0n) is 12.5. The first-order valence-electron chi connectivity index (χ1n) is 6.92. The molecule has 6 heteroatoms. The topological polar surface area (TPSA) is 83.6 Å². The van der Waals surface area contributed by atoms with Gasteiger partial charge in [-0.05, 0) is 12.5 Å². The number of aryl methyl sites for hydroxylation is 1. The fraction of sp³-hybridized carbons (Fsp3) is 0.312. The van der Waals surface area contributed by atoms with Gasteiger partial charge in [-0.15, -0.1) is 0 Å². The van der Waals surface area contributed by atoms with Crippen LogP contribution in [0.1, 0.15) is 17.0 Å². The van der Waals surface area contributed by atoms with Gasteiger partial charge in [0.05, 0.1) is 12.1 Å². The van der Waals surface area contributed by atoms with Gasteiger partial charge >= 0.3 is 5.97 Å². The van der Waals surface area contributed by atoms with Crippen LogP contribution < -0.4 is 0 Å². The van der Waals surface area contributed by atoms with E-state index in [1.807, 2.05) is 30.3 Å². The quantitative estimate of drug-likeness (QED) is 0.877. The Bertz CT molecular complexity index is 651. The Kier molecular flexibility index (Phi) is 4.93. The van der Waals surface area contributed by atoms with Gasteiger partial charge in [-0.25, -0.2) is 4.79 Å². The molecule has 0 aliphatic rings. The number of hydrogen-bond acceptors (Lipinski definition) is 4. The minimum absolute atomic E-state index is 0.0202. The highest BCUT2D eigenvalue weighted by Crippen LogP contribution is 2.11. The molecule has 0 aliphatic carbocycles. The van der Waals surface area contributed by atoms with Crippen molar-refractivity contribution in [3.8, 4) is 0 Å². The van der Waals surface area contributed by atoms with Crippen molar-refractivity contribution < 1.29 is 19.2 Å². The lowest BCUT2D eigenvalue weighted by Crippen LogP contribution is -2.44. The summed E-state index contributed by atoms with van der Waals surface area (Å²) in [5, 5.41) is 13.2. The molecule has 22 heavy (non-hydrogen) atoms. The zero-order chi connectivity index (χ0) is 16.1. The number of nitrogens with zero attached hydrogens (tertiary/aromatic N) is 2. The van der Waals surface area contributed by atoms with Crippen LogP contribution in [0.3, 0.4) is 0 Å². The van der Waals surface area contributed by atoms with Crippen molar-refractivity contribution in [2.45, 2.75) is 25.8 Å². The smallest absolute Gasteiger partial charge is 0.326 e. The monoisotopic (exact) mass is 302 g/mol. The van der Waals surface area contributed by atoms with Gasteiger partial charge in [0.25, 0.3) is 0 Å². The summed E-state index contributed by atoms with van der Waals surface area (Å²) in [5.74, 6) is -0.725. The average Bonchev–Trinajstić information content (AvgIpc) is 2.90. The number of carbonyl (C=O) groups is 2. The van der Waals surface area contributed by atoms with E-state index in [1.165, 1.54) is 11.9 Å². The largest absolute Gasteiger partial charge is 0.480 e. The van der Waals surface area contributed by atoms with Crippen LogP contribution in [0.15, 0.2) is 40.9 Å².